The molecule has 0 radical (unpaired) electrons. The third-order valence-corrected chi connectivity index (χ3v) is 5.71. The maximum absolute atomic E-state index is 12.5. The number of carbonyl (C=O) groups excluding carboxylic acids is 1. The fourth-order valence-electron chi connectivity index (χ4n) is 3.68. The molecule has 2 N–H and O–H groups in total. The van der Waals surface area contributed by atoms with Gasteiger partial charge < -0.3 is 25.0 Å². The third kappa shape index (κ3) is 6.71. The quantitative estimate of drug-likeness (QED) is 0.325. The minimum absolute atomic E-state index is 0.180. The van der Waals surface area contributed by atoms with Gasteiger partial charge in [-0.25, -0.2) is 9.97 Å². The molecule has 0 aliphatic carbocycles. The van der Waals surface area contributed by atoms with E-state index in [-0.39, 0.29) is 5.91 Å². The van der Waals surface area contributed by atoms with Crippen LogP contribution >= 0.6 is 0 Å². The van der Waals surface area contributed by atoms with Crippen LogP contribution < -0.4 is 20.1 Å². The van der Waals surface area contributed by atoms with Gasteiger partial charge in [-0.05, 0) is 82.9 Å². The first-order valence-corrected chi connectivity index (χ1v) is 12.1. The Bertz CT molecular complexity index is 1370. The largest absolute Gasteiger partial charge is 0.480 e. The van der Waals surface area contributed by atoms with Crippen LogP contribution in [0, 0.1) is 13.8 Å². The van der Waals surface area contributed by atoms with Gasteiger partial charge in [0.1, 0.15) is 29.4 Å². The highest BCUT2D eigenvalue weighted by Crippen LogP contribution is 2.33. The van der Waals surface area contributed by atoms with E-state index < -0.39 is 6.10 Å². The molecule has 0 aliphatic heterocycles. The Hall–Kier alpha value is -4.24. The van der Waals surface area contributed by atoms with Crippen LogP contribution in [-0.4, -0.2) is 59.0 Å². The monoisotopic (exact) mass is 500 g/mol. The number of fused-ring (bicyclic) bond motifs is 1. The van der Waals surface area contributed by atoms with Crippen molar-refractivity contribution < 1.29 is 14.3 Å². The number of amides is 1. The predicted molar refractivity (Wildman–Crippen MR) is 145 cm³/mol. The van der Waals surface area contributed by atoms with Gasteiger partial charge in [0.25, 0.3) is 5.91 Å². The lowest BCUT2D eigenvalue weighted by Crippen LogP contribution is -2.39. The van der Waals surface area contributed by atoms with Crippen LogP contribution in [0.3, 0.4) is 0 Å². The zero-order valence-electron chi connectivity index (χ0n) is 21.8. The van der Waals surface area contributed by atoms with E-state index in [1.165, 1.54) is 6.33 Å². The summed E-state index contributed by atoms with van der Waals surface area (Å²) in [4.78, 5) is 27.7. The van der Waals surface area contributed by atoms with E-state index in [2.05, 4.69) is 25.6 Å². The Kier molecular flexibility index (Phi) is 8.15. The smallest absolute Gasteiger partial charge is 0.260 e. The van der Waals surface area contributed by atoms with E-state index in [9.17, 15) is 4.79 Å². The maximum atomic E-state index is 12.5. The Morgan fingerprint density at radius 2 is 1.86 bits per heavy atom. The molecular formula is C28H32N6O3. The number of rotatable bonds is 10. The number of benzene rings is 2. The molecule has 1 amide bonds. The molecule has 0 saturated heterocycles. The summed E-state index contributed by atoms with van der Waals surface area (Å²) < 4.78 is 12.1. The van der Waals surface area contributed by atoms with Crippen molar-refractivity contribution in [2.45, 2.75) is 26.9 Å². The van der Waals surface area contributed by atoms with Crippen molar-refractivity contribution in [2.24, 2.45) is 0 Å². The van der Waals surface area contributed by atoms with Gasteiger partial charge in [-0.15, -0.1) is 0 Å². The van der Waals surface area contributed by atoms with Gasteiger partial charge in [0.05, 0.1) is 17.1 Å². The number of carbonyl (C=O) groups is 1. The lowest BCUT2D eigenvalue weighted by atomic mass is 10.1. The van der Waals surface area contributed by atoms with Crippen molar-refractivity contribution in [3.8, 4) is 17.2 Å². The molecule has 4 aromatic rings. The SMILES string of the molecule is Cc1ccc(Oc2ccc(Nc3ncnc4cccc(O[C@H](C)C(=O)NCCN(C)C)c34)cc2C)cn1. The van der Waals surface area contributed by atoms with E-state index in [0.717, 1.165) is 29.2 Å². The van der Waals surface area contributed by atoms with Gasteiger partial charge >= 0.3 is 0 Å². The van der Waals surface area contributed by atoms with Gasteiger partial charge in [0.2, 0.25) is 0 Å². The Labute approximate surface area is 216 Å². The molecule has 2 aromatic heterocycles. The Morgan fingerprint density at radius 1 is 1.03 bits per heavy atom. The number of aromatic nitrogens is 3. The molecule has 0 fully saturated rings. The second-order valence-electron chi connectivity index (χ2n) is 9.07. The first-order chi connectivity index (χ1) is 17.8. The molecule has 0 aliphatic rings. The molecule has 2 aromatic carbocycles. The first kappa shape index (κ1) is 25.8. The predicted octanol–water partition coefficient (Wildman–Crippen LogP) is 4.62. The third-order valence-electron chi connectivity index (χ3n) is 5.71. The first-order valence-electron chi connectivity index (χ1n) is 12.1. The Balaban J connectivity index is 1.53. The van der Waals surface area contributed by atoms with Gasteiger partial charge in [-0.2, -0.15) is 0 Å². The highest BCUT2D eigenvalue weighted by Gasteiger charge is 2.18. The maximum Gasteiger partial charge on any atom is 0.260 e. The highest BCUT2D eigenvalue weighted by molar-refractivity contribution is 5.96. The summed E-state index contributed by atoms with van der Waals surface area (Å²) in [5, 5.41) is 6.97. The van der Waals surface area contributed by atoms with Crippen molar-refractivity contribution in [1.82, 2.24) is 25.2 Å². The molecule has 192 valence electrons. The second kappa shape index (κ2) is 11.7. The summed E-state index contributed by atoms with van der Waals surface area (Å²) in [5.74, 6) is 2.34. The lowest BCUT2D eigenvalue weighted by molar-refractivity contribution is -0.127. The van der Waals surface area contributed by atoms with Crippen LogP contribution in [0.2, 0.25) is 0 Å². The van der Waals surface area contributed by atoms with Crippen molar-refractivity contribution in [3.05, 3.63) is 72.3 Å². The zero-order chi connectivity index (χ0) is 26.4. The molecule has 9 heteroatoms. The van der Waals surface area contributed by atoms with Crippen molar-refractivity contribution in [3.63, 3.8) is 0 Å². The number of aryl methyl sites for hydroxylation is 2. The summed E-state index contributed by atoms with van der Waals surface area (Å²) in [6, 6.07) is 15.2. The van der Waals surface area contributed by atoms with Gasteiger partial charge in [0.15, 0.2) is 6.10 Å². The van der Waals surface area contributed by atoms with E-state index in [1.807, 2.05) is 81.4 Å². The summed E-state index contributed by atoms with van der Waals surface area (Å²) in [6.45, 7) is 6.94. The highest BCUT2D eigenvalue weighted by atomic mass is 16.5. The molecule has 2 heterocycles. The number of hydrogen-bond donors (Lipinski definition) is 2. The summed E-state index contributed by atoms with van der Waals surface area (Å²) in [7, 11) is 3.92. The molecular weight excluding hydrogens is 468 g/mol. The molecule has 4 rings (SSSR count). The lowest BCUT2D eigenvalue weighted by Gasteiger charge is -2.18. The summed E-state index contributed by atoms with van der Waals surface area (Å²) >= 11 is 0. The minimum atomic E-state index is -0.684. The number of likely N-dealkylation sites (N-methyl/N-ethyl adjacent to an activating group) is 1. The number of anilines is 2. The average molecular weight is 501 g/mol. The van der Waals surface area contributed by atoms with Crippen molar-refractivity contribution in [1.29, 1.82) is 0 Å². The fourth-order valence-corrected chi connectivity index (χ4v) is 3.68. The van der Waals surface area contributed by atoms with Crippen molar-refractivity contribution in [2.75, 3.05) is 32.5 Å². The van der Waals surface area contributed by atoms with Crippen LogP contribution in [0.1, 0.15) is 18.2 Å². The van der Waals surface area contributed by atoms with Crippen LogP contribution in [0.5, 0.6) is 17.2 Å². The van der Waals surface area contributed by atoms with Gasteiger partial charge in [-0.3, -0.25) is 9.78 Å². The standard InChI is InChI=1S/C28H32N6O3/c1-18-15-21(10-12-24(18)37-22-11-9-19(2)30-16-22)33-27-26-23(31-17-32-27)7-6-8-25(26)36-20(3)28(35)29-13-14-34(4)5/h6-12,15-17,20H,13-14H2,1-5H3,(H,29,35)(H,31,32,33)/t20-/m1/s1. The van der Waals surface area contributed by atoms with Gasteiger partial charge in [-0.1, -0.05) is 6.07 Å². The van der Waals surface area contributed by atoms with E-state index in [4.69, 9.17) is 9.47 Å². The van der Waals surface area contributed by atoms with Crippen LogP contribution in [0.4, 0.5) is 11.5 Å². The van der Waals surface area contributed by atoms with Crippen LogP contribution in [0.25, 0.3) is 10.9 Å². The molecule has 0 unspecified atom stereocenters. The van der Waals surface area contributed by atoms with Crippen LogP contribution in [-0.2, 0) is 4.79 Å². The topological polar surface area (TPSA) is 102 Å². The fraction of sp³-hybridized carbons (Fsp3) is 0.286. The van der Waals surface area contributed by atoms with E-state index in [1.54, 1.807) is 13.1 Å². The molecule has 0 bridgehead atoms. The minimum Gasteiger partial charge on any atom is -0.480 e. The number of nitrogens with one attached hydrogen (secondary N) is 2. The van der Waals surface area contributed by atoms with Crippen LogP contribution in [0.15, 0.2) is 61.1 Å². The summed E-state index contributed by atoms with van der Waals surface area (Å²) in [6.07, 6.45) is 2.52. The molecule has 37 heavy (non-hydrogen) atoms. The molecule has 0 spiro atoms. The number of pyridine rings is 1. The second-order valence-corrected chi connectivity index (χ2v) is 9.07. The number of ether oxygens (including phenoxy) is 2. The molecule has 1 atom stereocenters. The number of hydrogen-bond acceptors (Lipinski definition) is 8. The Morgan fingerprint density at radius 3 is 2.59 bits per heavy atom. The number of nitrogens with zero attached hydrogens (tertiary/aromatic N) is 4. The van der Waals surface area contributed by atoms with Gasteiger partial charge in [0, 0.05) is 24.5 Å². The van der Waals surface area contributed by atoms with Crippen molar-refractivity contribution >= 4 is 28.3 Å². The normalized spacial score (nSPS) is 11.8. The average Bonchev–Trinajstić information content (AvgIpc) is 2.87. The zero-order valence-corrected chi connectivity index (χ0v) is 21.8. The molecule has 9 nitrogen and oxygen atoms in total. The van der Waals surface area contributed by atoms with E-state index in [0.29, 0.717) is 34.8 Å². The van der Waals surface area contributed by atoms with E-state index >= 15 is 0 Å². The molecule has 0 saturated carbocycles. The summed E-state index contributed by atoms with van der Waals surface area (Å²) in [5.41, 5.74) is 3.42.